The Hall–Kier alpha value is -2.63. The number of rotatable bonds is 4. The third-order valence-corrected chi connectivity index (χ3v) is 9.34. The largest absolute Gasteiger partial charge is 0.444 e. The van der Waals surface area contributed by atoms with Gasteiger partial charge < -0.3 is 20.3 Å². The standard InChI is InChI=1S/C26H40N4O7S/c1-25(2,3)37-24(34)27-19-11-8-6-4-5-7-10-17-16-26(17,23(33)29-38(35,36)18-13-14-18)28-21(31)20-12-9-15-30(20)22(19)32/h7,10,17-20H,4-6,8-9,11-16H2,1-3H3,(H,27,34)(H,28,31)(H,29,33)/b10-7-/t17?,19-,20-,26+/m0/s1. The number of nitrogens with one attached hydrogen (secondary N) is 3. The van der Waals surface area contributed by atoms with Crippen LogP contribution in [-0.2, 0) is 29.1 Å². The van der Waals surface area contributed by atoms with Gasteiger partial charge in [-0.05, 0) is 72.1 Å². The first-order chi connectivity index (χ1) is 17.8. The fourth-order valence-electron chi connectivity index (χ4n) is 5.23. The van der Waals surface area contributed by atoms with E-state index in [0.29, 0.717) is 51.5 Å². The maximum Gasteiger partial charge on any atom is 0.408 e. The van der Waals surface area contributed by atoms with Crippen molar-refractivity contribution in [3.63, 3.8) is 0 Å². The van der Waals surface area contributed by atoms with Crippen LogP contribution in [0.4, 0.5) is 4.79 Å². The van der Waals surface area contributed by atoms with Crippen molar-refractivity contribution in [3.8, 4) is 0 Å². The highest BCUT2D eigenvalue weighted by Gasteiger charge is 2.61. The smallest absolute Gasteiger partial charge is 0.408 e. The van der Waals surface area contributed by atoms with Crippen molar-refractivity contribution in [2.75, 3.05) is 6.54 Å². The molecule has 0 aromatic rings. The lowest BCUT2D eigenvalue weighted by molar-refractivity contribution is -0.141. The minimum absolute atomic E-state index is 0.296. The van der Waals surface area contributed by atoms with Crippen LogP contribution in [0.2, 0.25) is 0 Å². The van der Waals surface area contributed by atoms with E-state index >= 15 is 0 Å². The van der Waals surface area contributed by atoms with Crippen molar-refractivity contribution in [3.05, 3.63) is 12.2 Å². The average molecular weight is 553 g/mol. The predicted molar refractivity (Wildman–Crippen MR) is 139 cm³/mol. The van der Waals surface area contributed by atoms with Crippen LogP contribution in [0.15, 0.2) is 12.2 Å². The lowest BCUT2D eigenvalue weighted by atomic mass is 10.0. The van der Waals surface area contributed by atoms with Gasteiger partial charge in [0.15, 0.2) is 0 Å². The predicted octanol–water partition coefficient (Wildman–Crippen LogP) is 1.87. The van der Waals surface area contributed by atoms with Crippen LogP contribution >= 0.6 is 0 Å². The molecule has 1 unspecified atom stereocenters. The molecule has 2 heterocycles. The summed E-state index contributed by atoms with van der Waals surface area (Å²) in [6.45, 7) is 5.58. The first-order valence-corrected chi connectivity index (χ1v) is 15.2. The van der Waals surface area contributed by atoms with Crippen LogP contribution in [0.1, 0.15) is 85.0 Å². The van der Waals surface area contributed by atoms with Gasteiger partial charge in [-0.15, -0.1) is 0 Å². The number of fused-ring (bicyclic) bond motifs is 2. The van der Waals surface area contributed by atoms with E-state index in [2.05, 4.69) is 15.4 Å². The summed E-state index contributed by atoms with van der Waals surface area (Å²) < 4.78 is 32.5. The number of allylic oxidation sites excluding steroid dienone is 1. The normalized spacial score (nSPS) is 31.6. The lowest BCUT2D eigenvalue weighted by Gasteiger charge is -2.30. The van der Waals surface area contributed by atoms with E-state index in [4.69, 9.17) is 4.74 Å². The second-order valence-electron chi connectivity index (χ2n) is 11.9. The highest BCUT2D eigenvalue weighted by molar-refractivity contribution is 7.91. The second-order valence-corrected chi connectivity index (χ2v) is 13.9. The molecule has 0 aromatic carbocycles. The third kappa shape index (κ3) is 6.68. The van der Waals surface area contributed by atoms with Gasteiger partial charge in [0.05, 0.1) is 5.25 Å². The van der Waals surface area contributed by atoms with Crippen molar-refractivity contribution in [2.24, 2.45) is 5.92 Å². The molecule has 0 aromatic heterocycles. The number of ether oxygens (including phenoxy) is 1. The van der Waals surface area contributed by atoms with E-state index in [-0.39, 0.29) is 11.8 Å². The summed E-state index contributed by atoms with van der Waals surface area (Å²) in [5.74, 6) is -1.89. The van der Waals surface area contributed by atoms with Crippen molar-refractivity contribution in [2.45, 2.75) is 113 Å². The molecule has 3 N–H and O–H groups in total. The summed E-state index contributed by atoms with van der Waals surface area (Å²) in [5, 5.41) is 4.96. The molecule has 4 rings (SSSR count). The number of alkyl carbamates (subject to hydrolysis) is 1. The first-order valence-electron chi connectivity index (χ1n) is 13.7. The van der Waals surface area contributed by atoms with Gasteiger partial charge >= 0.3 is 6.09 Å². The number of carbonyl (C=O) groups is 4. The number of nitrogens with zero attached hydrogens (tertiary/aromatic N) is 1. The number of carbonyl (C=O) groups excluding carboxylic acids is 4. The molecule has 0 radical (unpaired) electrons. The van der Waals surface area contributed by atoms with Gasteiger partial charge in [-0.3, -0.25) is 19.1 Å². The highest BCUT2D eigenvalue weighted by atomic mass is 32.2. The quantitative estimate of drug-likeness (QED) is 0.451. The van der Waals surface area contributed by atoms with Crippen LogP contribution in [-0.4, -0.2) is 72.2 Å². The van der Waals surface area contributed by atoms with E-state index in [9.17, 15) is 27.6 Å². The summed E-state index contributed by atoms with van der Waals surface area (Å²) >= 11 is 0. The Labute approximate surface area is 224 Å². The fraction of sp³-hybridized carbons (Fsp3) is 0.769. The topological polar surface area (TPSA) is 151 Å². The molecule has 2 saturated carbocycles. The van der Waals surface area contributed by atoms with Crippen LogP contribution in [0.3, 0.4) is 0 Å². The minimum Gasteiger partial charge on any atom is -0.444 e. The Morgan fingerprint density at radius 1 is 1.08 bits per heavy atom. The number of sulfonamides is 1. The van der Waals surface area contributed by atoms with Gasteiger partial charge in [-0.1, -0.05) is 25.0 Å². The van der Waals surface area contributed by atoms with E-state index in [1.54, 1.807) is 20.8 Å². The molecule has 38 heavy (non-hydrogen) atoms. The average Bonchev–Trinajstić information content (AvgIpc) is 3.72. The van der Waals surface area contributed by atoms with Crippen LogP contribution < -0.4 is 15.4 Å². The Morgan fingerprint density at radius 2 is 1.82 bits per heavy atom. The molecule has 2 aliphatic heterocycles. The zero-order valence-corrected chi connectivity index (χ0v) is 23.3. The van der Waals surface area contributed by atoms with E-state index in [1.165, 1.54) is 4.90 Å². The molecule has 0 spiro atoms. The maximum atomic E-state index is 13.6. The summed E-state index contributed by atoms with van der Waals surface area (Å²) in [6.07, 6.45) is 9.05. The molecule has 212 valence electrons. The number of hydrogen-bond acceptors (Lipinski definition) is 7. The van der Waals surface area contributed by atoms with Gasteiger partial charge in [0, 0.05) is 12.5 Å². The van der Waals surface area contributed by atoms with Crippen LogP contribution in [0.5, 0.6) is 0 Å². The van der Waals surface area contributed by atoms with Gasteiger partial charge in [0.2, 0.25) is 21.8 Å². The molecule has 4 atom stereocenters. The van der Waals surface area contributed by atoms with Crippen LogP contribution in [0, 0.1) is 5.92 Å². The third-order valence-electron chi connectivity index (χ3n) is 7.52. The molecule has 0 bridgehead atoms. The Kier molecular flexibility index (Phi) is 8.11. The molecular formula is C26H40N4O7S. The summed E-state index contributed by atoms with van der Waals surface area (Å²) in [7, 11) is -3.78. The lowest BCUT2D eigenvalue weighted by Crippen LogP contribution is -2.58. The molecule has 12 heteroatoms. The SMILES string of the molecule is CC(C)(C)OC(=O)N[C@H]1CCCCC/C=C\C2C[C@@]2(C(=O)NS(=O)(=O)C2CC2)NC(=O)[C@@H]2CCCN2C1=O. The van der Waals surface area contributed by atoms with Crippen molar-refractivity contribution in [1.29, 1.82) is 0 Å². The monoisotopic (exact) mass is 552 g/mol. The van der Waals surface area contributed by atoms with E-state index in [0.717, 1.165) is 19.3 Å². The zero-order chi connectivity index (χ0) is 27.7. The molecular weight excluding hydrogens is 512 g/mol. The van der Waals surface area contributed by atoms with Gasteiger partial charge in [0.25, 0.3) is 5.91 Å². The Balaban J connectivity index is 1.54. The van der Waals surface area contributed by atoms with Crippen molar-refractivity contribution in [1.82, 2.24) is 20.3 Å². The van der Waals surface area contributed by atoms with Gasteiger partial charge in [0.1, 0.15) is 23.2 Å². The molecule has 3 fully saturated rings. The Morgan fingerprint density at radius 3 is 2.50 bits per heavy atom. The van der Waals surface area contributed by atoms with Crippen molar-refractivity contribution < 1.29 is 32.3 Å². The van der Waals surface area contributed by atoms with Crippen LogP contribution in [0.25, 0.3) is 0 Å². The summed E-state index contributed by atoms with van der Waals surface area (Å²) in [5.41, 5.74) is -2.08. The van der Waals surface area contributed by atoms with E-state index in [1.807, 2.05) is 12.2 Å². The minimum atomic E-state index is -3.78. The van der Waals surface area contributed by atoms with Gasteiger partial charge in [-0.2, -0.15) is 0 Å². The molecule has 4 aliphatic rings. The molecule has 1 saturated heterocycles. The Bertz CT molecular complexity index is 1100. The zero-order valence-electron chi connectivity index (χ0n) is 22.5. The van der Waals surface area contributed by atoms with Crippen molar-refractivity contribution >= 4 is 33.8 Å². The second kappa shape index (κ2) is 10.9. The fourth-order valence-corrected chi connectivity index (χ4v) is 6.59. The highest BCUT2D eigenvalue weighted by Crippen LogP contribution is 2.46. The number of hydrogen-bond donors (Lipinski definition) is 3. The summed E-state index contributed by atoms with van der Waals surface area (Å²) in [4.78, 5) is 54.3. The molecule has 2 aliphatic carbocycles. The first kappa shape index (κ1) is 28.4. The molecule has 11 nitrogen and oxygen atoms in total. The van der Waals surface area contributed by atoms with E-state index < -0.39 is 56.4 Å². The molecule has 4 amide bonds. The van der Waals surface area contributed by atoms with Gasteiger partial charge in [-0.25, -0.2) is 13.2 Å². The summed E-state index contributed by atoms with van der Waals surface area (Å²) in [6, 6.07) is -1.65. The maximum absolute atomic E-state index is 13.6. The number of amides is 4.